The predicted molar refractivity (Wildman–Crippen MR) is 82.3 cm³/mol. The Bertz CT molecular complexity index is 814. The Morgan fingerprint density at radius 3 is 2.48 bits per heavy atom. The molecule has 0 spiro atoms. The van der Waals surface area contributed by atoms with E-state index in [-0.39, 0.29) is 23.4 Å². The summed E-state index contributed by atoms with van der Waals surface area (Å²) in [5.74, 6) is -0.408. The van der Waals surface area contributed by atoms with Crippen LogP contribution in [0.2, 0.25) is 0 Å². The Morgan fingerprint density at radius 1 is 1.17 bits per heavy atom. The number of nitrogens with zero attached hydrogens (tertiary/aromatic N) is 1. The Kier molecular flexibility index (Phi) is 5.45. The van der Waals surface area contributed by atoms with Crippen molar-refractivity contribution in [2.75, 3.05) is 6.54 Å². The molecule has 0 aliphatic rings. The molecule has 2 N–H and O–H groups in total. The molecule has 2 aromatic carbocycles. The SMILES string of the molecule is N#Cc1ccccc1S(=O)(=O)NCCC(O)c1ccc(F)cc1. The summed E-state index contributed by atoms with van der Waals surface area (Å²) in [7, 11) is -3.83. The maximum atomic E-state index is 12.8. The third-order valence-corrected chi connectivity index (χ3v) is 4.78. The van der Waals surface area contributed by atoms with Crippen molar-refractivity contribution < 1.29 is 17.9 Å². The first-order valence-electron chi connectivity index (χ1n) is 6.86. The van der Waals surface area contributed by atoms with Gasteiger partial charge in [-0.15, -0.1) is 0 Å². The lowest BCUT2D eigenvalue weighted by molar-refractivity contribution is 0.169. The van der Waals surface area contributed by atoms with Crippen molar-refractivity contribution in [2.45, 2.75) is 17.4 Å². The standard InChI is InChI=1S/C16H15FN2O3S/c17-14-7-5-12(6-8-14)15(20)9-10-19-23(21,22)16-4-2-1-3-13(16)11-18/h1-8,15,19-20H,9-10H2. The van der Waals surface area contributed by atoms with Crippen molar-refractivity contribution in [1.82, 2.24) is 4.72 Å². The van der Waals surface area contributed by atoms with Gasteiger partial charge < -0.3 is 5.11 Å². The molecule has 2 aromatic rings. The fourth-order valence-electron chi connectivity index (χ4n) is 2.05. The summed E-state index contributed by atoms with van der Waals surface area (Å²) >= 11 is 0. The van der Waals surface area contributed by atoms with Crippen LogP contribution in [0.4, 0.5) is 4.39 Å². The van der Waals surface area contributed by atoms with Gasteiger partial charge in [-0.3, -0.25) is 0 Å². The lowest BCUT2D eigenvalue weighted by Crippen LogP contribution is -2.26. The number of aliphatic hydroxyl groups is 1. The quantitative estimate of drug-likeness (QED) is 0.846. The van der Waals surface area contributed by atoms with Crippen LogP contribution in [0, 0.1) is 17.1 Å². The molecule has 0 saturated carbocycles. The number of hydrogen-bond donors (Lipinski definition) is 2. The van der Waals surface area contributed by atoms with E-state index >= 15 is 0 Å². The lowest BCUT2D eigenvalue weighted by atomic mass is 10.1. The van der Waals surface area contributed by atoms with Crippen LogP contribution in [0.1, 0.15) is 23.7 Å². The second-order valence-corrected chi connectivity index (χ2v) is 6.60. The van der Waals surface area contributed by atoms with Crippen LogP contribution in [-0.2, 0) is 10.0 Å². The average Bonchev–Trinajstić information content (AvgIpc) is 2.55. The van der Waals surface area contributed by atoms with E-state index in [0.717, 1.165) is 0 Å². The second kappa shape index (κ2) is 7.33. The highest BCUT2D eigenvalue weighted by molar-refractivity contribution is 7.89. The topological polar surface area (TPSA) is 90.2 Å². The average molecular weight is 334 g/mol. The van der Waals surface area contributed by atoms with Crippen LogP contribution in [0.5, 0.6) is 0 Å². The summed E-state index contributed by atoms with van der Waals surface area (Å²) in [4.78, 5) is -0.0984. The van der Waals surface area contributed by atoms with Gasteiger partial charge in [0, 0.05) is 6.54 Å². The summed E-state index contributed by atoms with van der Waals surface area (Å²) in [6, 6.07) is 13.0. The van der Waals surface area contributed by atoms with Crippen molar-refractivity contribution in [3.8, 4) is 6.07 Å². The van der Waals surface area contributed by atoms with Gasteiger partial charge in [0.05, 0.1) is 16.6 Å². The Hall–Kier alpha value is -2.27. The van der Waals surface area contributed by atoms with Gasteiger partial charge in [0.25, 0.3) is 0 Å². The number of halogens is 1. The van der Waals surface area contributed by atoms with Gasteiger partial charge in [-0.1, -0.05) is 24.3 Å². The molecule has 0 aliphatic heterocycles. The minimum atomic E-state index is -3.83. The van der Waals surface area contributed by atoms with E-state index in [1.54, 1.807) is 6.07 Å². The lowest BCUT2D eigenvalue weighted by Gasteiger charge is -2.12. The Balaban J connectivity index is 2.00. The first-order valence-corrected chi connectivity index (χ1v) is 8.34. The number of hydrogen-bond acceptors (Lipinski definition) is 4. The molecule has 120 valence electrons. The third-order valence-electron chi connectivity index (χ3n) is 3.26. The zero-order chi connectivity index (χ0) is 16.9. The molecule has 23 heavy (non-hydrogen) atoms. The van der Waals surface area contributed by atoms with E-state index < -0.39 is 21.9 Å². The molecule has 1 unspecified atom stereocenters. The molecular weight excluding hydrogens is 319 g/mol. The van der Waals surface area contributed by atoms with E-state index in [2.05, 4.69) is 4.72 Å². The van der Waals surface area contributed by atoms with Crippen molar-refractivity contribution in [3.63, 3.8) is 0 Å². The van der Waals surface area contributed by atoms with E-state index in [0.29, 0.717) is 5.56 Å². The third kappa shape index (κ3) is 4.36. The molecule has 2 rings (SSSR count). The van der Waals surface area contributed by atoms with Gasteiger partial charge in [-0.05, 0) is 36.2 Å². The first-order chi connectivity index (χ1) is 10.9. The molecular formula is C16H15FN2O3S. The zero-order valence-corrected chi connectivity index (χ0v) is 12.9. The first kappa shape index (κ1) is 17.1. The summed E-state index contributed by atoms with van der Waals surface area (Å²) < 4.78 is 39.5. The van der Waals surface area contributed by atoms with Crippen molar-refractivity contribution in [3.05, 3.63) is 65.5 Å². The number of sulfonamides is 1. The Morgan fingerprint density at radius 2 is 1.83 bits per heavy atom. The van der Waals surface area contributed by atoms with Gasteiger partial charge in [-0.25, -0.2) is 17.5 Å². The molecule has 7 heteroatoms. The predicted octanol–water partition coefficient (Wildman–Crippen LogP) is 2.10. The van der Waals surface area contributed by atoms with Crippen molar-refractivity contribution in [1.29, 1.82) is 5.26 Å². The minimum absolute atomic E-state index is 0.0133. The van der Waals surface area contributed by atoms with E-state index in [9.17, 15) is 17.9 Å². The monoisotopic (exact) mass is 334 g/mol. The van der Waals surface area contributed by atoms with E-state index in [4.69, 9.17) is 5.26 Å². The normalized spacial score (nSPS) is 12.6. The molecule has 0 aliphatic carbocycles. The number of rotatable bonds is 6. The Labute approximate surface area is 134 Å². The van der Waals surface area contributed by atoms with Gasteiger partial charge in [0.15, 0.2) is 0 Å². The van der Waals surface area contributed by atoms with Gasteiger partial charge in [0.2, 0.25) is 10.0 Å². The second-order valence-electron chi connectivity index (χ2n) is 4.86. The largest absolute Gasteiger partial charge is 0.388 e. The van der Waals surface area contributed by atoms with Crippen LogP contribution < -0.4 is 4.72 Å². The van der Waals surface area contributed by atoms with Crippen molar-refractivity contribution >= 4 is 10.0 Å². The van der Waals surface area contributed by atoms with Crippen LogP contribution >= 0.6 is 0 Å². The molecule has 0 aromatic heterocycles. The minimum Gasteiger partial charge on any atom is -0.388 e. The molecule has 5 nitrogen and oxygen atoms in total. The highest BCUT2D eigenvalue weighted by Crippen LogP contribution is 2.18. The maximum Gasteiger partial charge on any atom is 0.241 e. The molecule has 0 fully saturated rings. The highest BCUT2D eigenvalue weighted by Gasteiger charge is 2.18. The molecule has 0 radical (unpaired) electrons. The van der Waals surface area contributed by atoms with E-state index in [1.165, 1.54) is 42.5 Å². The smallest absolute Gasteiger partial charge is 0.241 e. The van der Waals surface area contributed by atoms with E-state index in [1.807, 2.05) is 6.07 Å². The van der Waals surface area contributed by atoms with Crippen LogP contribution in [0.25, 0.3) is 0 Å². The molecule has 0 bridgehead atoms. The fourth-order valence-corrected chi connectivity index (χ4v) is 3.26. The number of nitriles is 1. The van der Waals surface area contributed by atoms with Crippen molar-refractivity contribution in [2.24, 2.45) is 0 Å². The number of aliphatic hydroxyl groups excluding tert-OH is 1. The molecule has 0 amide bonds. The van der Waals surface area contributed by atoms with Crippen LogP contribution in [0.3, 0.4) is 0 Å². The molecule has 1 atom stereocenters. The number of nitrogens with one attached hydrogen (secondary N) is 1. The van der Waals surface area contributed by atoms with Gasteiger partial charge in [0.1, 0.15) is 11.9 Å². The van der Waals surface area contributed by atoms with Crippen LogP contribution in [-0.4, -0.2) is 20.1 Å². The van der Waals surface area contributed by atoms with Crippen LogP contribution in [0.15, 0.2) is 53.4 Å². The summed E-state index contributed by atoms with van der Waals surface area (Å²) in [6.45, 7) is -0.0133. The summed E-state index contributed by atoms with van der Waals surface area (Å²) in [6.07, 6.45) is -0.788. The maximum absolute atomic E-state index is 12.8. The van der Waals surface area contributed by atoms with Gasteiger partial charge in [-0.2, -0.15) is 5.26 Å². The zero-order valence-electron chi connectivity index (χ0n) is 12.1. The fraction of sp³-hybridized carbons (Fsp3) is 0.188. The molecule has 0 heterocycles. The molecule has 0 saturated heterocycles. The summed E-state index contributed by atoms with van der Waals surface area (Å²) in [5, 5.41) is 18.9. The highest BCUT2D eigenvalue weighted by atomic mass is 32.2. The summed E-state index contributed by atoms with van der Waals surface area (Å²) in [5.41, 5.74) is 0.558. The number of benzene rings is 2. The van der Waals surface area contributed by atoms with Gasteiger partial charge >= 0.3 is 0 Å².